The quantitative estimate of drug-likeness (QED) is 0.153. The maximum Gasteiger partial charge on any atom is 0.305 e. The second-order valence-corrected chi connectivity index (χ2v) is 11.0. The minimum absolute atomic E-state index is 0. The number of thiazole rings is 1. The number of rotatable bonds is 17. The van der Waals surface area contributed by atoms with Crippen LogP contribution < -0.4 is 10.2 Å². The van der Waals surface area contributed by atoms with Gasteiger partial charge in [-0.25, -0.2) is 0 Å². The number of phenols is 1. The second-order valence-electron chi connectivity index (χ2n) is 9.23. The zero-order valence-corrected chi connectivity index (χ0v) is 29.2. The van der Waals surface area contributed by atoms with Crippen molar-refractivity contribution in [2.24, 2.45) is 0 Å². The Morgan fingerprint density at radius 1 is 1.00 bits per heavy atom. The van der Waals surface area contributed by atoms with E-state index in [1.807, 2.05) is 23.1 Å². The van der Waals surface area contributed by atoms with Gasteiger partial charge in [0.2, 0.25) is 5.91 Å². The molecule has 41 heavy (non-hydrogen) atoms. The van der Waals surface area contributed by atoms with E-state index in [2.05, 4.69) is 29.0 Å². The van der Waals surface area contributed by atoms with Crippen LogP contribution in [0.2, 0.25) is 10.0 Å². The predicted octanol–water partition coefficient (Wildman–Crippen LogP) is 5.71. The summed E-state index contributed by atoms with van der Waals surface area (Å²) in [6.45, 7) is 10.5. The molecular formula is C28H40Br2Cl2N4O4S. The van der Waals surface area contributed by atoms with Gasteiger partial charge in [0.15, 0.2) is 0 Å². The van der Waals surface area contributed by atoms with E-state index in [0.29, 0.717) is 74.2 Å². The van der Waals surface area contributed by atoms with E-state index in [9.17, 15) is 14.7 Å². The maximum absolute atomic E-state index is 13.0. The summed E-state index contributed by atoms with van der Waals surface area (Å²) < 4.78 is 6.53. The van der Waals surface area contributed by atoms with Gasteiger partial charge in [0, 0.05) is 26.2 Å². The number of aromatic amines is 1. The highest BCUT2D eigenvalue weighted by Crippen LogP contribution is 2.28. The molecular weight excluding hydrogens is 719 g/mol. The van der Waals surface area contributed by atoms with Crippen molar-refractivity contribution < 1.29 is 14.6 Å². The number of phenolic OH excluding ortho intramolecular Hbond substituents is 1. The van der Waals surface area contributed by atoms with Crippen molar-refractivity contribution >= 4 is 84.6 Å². The fourth-order valence-corrected chi connectivity index (χ4v) is 5.52. The van der Waals surface area contributed by atoms with E-state index < -0.39 is 0 Å². The summed E-state index contributed by atoms with van der Waals surface area (Å²) in [5, 5.41) is 14.5. The Morgan fingerprint density at radius 2 is 1.76 bits per heavy atom. The van der Waals surface area contributed by atoms with Gasteiger partial charge in [0.05, 0.1) is 34.4 Å². The van der Waals surface area contributed by atoms with Crippen molar-refractivity contribution in [1.82, 2.24) is 20.1 Å². The molecule has 0 unspecified atom stereocenters. The predicted molar refractivity (Wildman–Crippen MR) is 181 cm³/mol. The van der Waals surface area contributed by atoms with Crippen LogP contribution >= 0.6 is 68.5 Å². The number of H-pyrrole nitrogens is 1. The topological polar surface area (TPSA) is 97.9 Å². The van der Waals surface area contributed by atoms with Gasteiger partial charge in [-0.1, -0.05) is 60.5 Å². The number of nitrogens with zero attached hydrogens (tertiary/aromatic N) is 2. The number of carbonyl (C=O) groups excluding carboxylic acids is 1. The number of aromatic hydroxyl groups is 1. The molecule has 1 amide bonds. The molecule has 1 aromatic heterocycles. The van der Waals surface area contributed by atoms with E-state index in [1.165, 1.54) is 0 Å². The highest BCUT2D eigenvalue weighted by Gasteiger charge is 2.15. The fourth-order valence-electron chi connectivity index (χ4n) is 4.30. The molecule has 2 aromatic carbocycles. The molecule has 0 aliphatic rings. The lowest BCUT2D eigenvalue weighted by atomic mass is 10.1. The maximum atomic E-state index is 13.0. The monoisotopic (exact) mass is 756 g/mol. The van der Waals surface area contributed by atoms with Crippen molar-refractivity contribution in [2.45, 2.75) is 33.1 Å². The van der Waals surface area contributed by atoms with Crippen LogP contribution in [0.4, 0.5) is 0 Å². The second kappa shape index (κ2) is 19.9. The third kappa shape index (κ3) is 12.1. The van der Waals surface area contributed by atoms with Crippen LogP contribution in [0.5, 0.6) is 5.75 Å². The van der Waals surface area contributed by atoms with Crippen LogP contribution in [0, 0.1) is 0 Å². The van der Waals surface area contributed by atoms with Crippen molar-refractivity contribution in [3.05, 3.63) is 61.2 Å². The molecule has 0 atom stereocenters. The molecule has 8 nitrogen and oxygen atoms in total. The van der Waals surface area contributed by atoms with Crippen molar-refractivity contribution in [3.63, 3.8) is 0 Å². The van der Waals surface area contributed by atoms with Gasteiger partial charge in [-0.05, 0) is 61.8 Å². The van der Waals surface area contributed by atoms with Gasteiger partial charge in [-0.2, -0.15) is 0 Å². The standard InChI is InChI=1S/C28H38Cl2N4O4S.2BrH/c1-3-33(4-2)15-16-34(25(36)11-18-38-17-10-20-5-7-22(29)23(30)19-20)14-13-31-12-9-21-6-8-24(35)26-27(21)39-28(37)32-26;;/h5-8,19,31,35H,3-4,9-18H2,1-2H3,(H,32,37);2*1H. The van der Waals surface area contributed by atoms with Gasteiger partial charge in [-0.3, -0.25) is 9.59 Å². The summed E-state index contributed by atoms with van der Waals surface area (Å²) in [4.78, 5) is 31.5. The minimum Gasteiger partial charge on any atom is -0.506 e. The van der Waals surface area contributed by atoms with Crippen molar-refractivity contribution in [1.29, 1.82) is 0 Å². The van der Waals surface area contributed by atoms with Crippen LogP contribution in [-0.4, -0.2) is 84.8 Å². The number of nitrogens with one attached hydrogen (secondary N) is 2. The molecule has 0 aliphatic carbocycles. The number of halogens is 4. The average molecular weight is 759 g/mol. The van der Waals surface area contributed by atoms with Crippen molar-refractivity contribution in [2.75, 3.05) is 59.0 Å². The first-order valence-electron chi connectivity index (χ1n) is 13.4. The SMILES string of the molecule is Br.Br.CCN(CC)CCN(CCNCCc1ccc(O)c2[nH]c(=O)sc12)C(=O)CCOCCc1ccc(Cl)c(Cl)c1. The molecule has 1 heterocycles. The van der Waals surface area contributed by atoms with E-state index in [4.69, 9.17) is 27.9 Å². The number of aromatic nitrogens is 1. The normalized spacial score (nSPS) is 11.0. The first-order valence-corrected chi connectivity index (χ1v) is 15.0. The van der Waals surface area contributed by atoms with Crippen LogP contribution in [-0.2, 0) is 22.4 Å². The third-order valence-electron chi connectivity index (χ3n) is 6.68. The largest absolute Gasteiger partial charge is 0.506 e. The molecule has 0 fully saturated rings. The Kier molecular flexibility index (Phi) is 18.4. The number of benzene rings is 2. The summed E-state index contributed by atoms with van der Waals surface area (Å²) >= 11 is 13.2. The number of fused-ring (bicyclic) bond motifs is 1. The average Bonchev–Trinajstić information content (AvgIpc) is 3.33. The van der Waals surface area contributed by atoms with Crippen molar-refractivity contribution in [3.8, 4) is 5.75 Å². The Labute approximate surface area is 276 Å². The van der Waals surface area contributed by atoms with Crippen LogP contribution in [0.25, 0.3) is 10.2 Å². The summed E-state index contributed by atoms with van der Waals surface area (Å²) in [7, 11) is 0. The minimum atomic E-state index is -0.179. The molecule has 0 radical (unpaired) electrons. The highest BCUT2D eigenvalue weighted by molar-refractivity contribution is 8.93. The molecule has 0 saturated carbocycles. The molecule has 0 spiro atoms. The fraction of sp³-hybridized carbons (Fsp3) is 0.500. The zero-order valence-electron chi connectivity index (χ0n) is 23.4. The number of likely N-dealkylation sites (N-methyl/N-ethyl adjacent to an activating group) is 1. The van der Waals surface area contributed by atoms with E-state index in [-0.39, 0.29) is 50.5 Å². The first kappa shape index (κ1) is 37.8. The lowest BCUT2D eigenvalue weighted by Gasteiger charge is -2.27. The summed E-state index contributed by atoms with van der Waals surface area (Å²) in [6.07, 6.45) is 1.75. The lowest BCUT2D eigenvalue weighted by Crippen LogP contribution is -2.42. The zero-order chi connectivity index (χ0) is 28.2. The number of hydrogen-bond donors (Lipinski definition) is 3. The molecule has 13 heteroatoms. The molecule has 3 aromatic rings. The van der Waals surface area contributed by atoms with Crippen LogP contribution in [0.3, 0.4) is 0 Å². The summed E-state index contributed by atoms with van der Waals surface area (Å²) in [6, 6.07) is 9.00. The van der Waals surface area contributed by atoms with Gasteiger partial charge in [-0.15, -0.1) is 34.0 Å². The molecule has 3 rings (SSSR count). The smallest absolute Gasteiger partial charge is 0.305 e. The number of hydrogen-bond acceptors (Lipinski definition) is 7. The van der Waals surface area contributed by atoms with Gasteiger partial charge in [0.1, 0.15) is 11.3 Å². The molecule has 3 N–H and O–H groups in total. The molecule has 230 valence electrons. The van der Waals surface area contributed by atoms with E-state index >= 15 is 0 Å². The molecule has 0 aliphatic heterocycles. The summed E-state index contributed by atoms with van der Waals surface area (Å²) in [5.41, 5.74) is 2.54. The van der Waals surface area contributed by atoms with E-state index in [1.54, 1.807) is 12.1 Å². The number of carbonyl (C=O) groups is 1. The highest BCUT2D eigenvalue weighted by atomic mass is 79.9. The number of ether oxygens (including phenoxy) is 1. The Bertz CT molecular complexity index is 1270. The summed E-state index contributed by atoms with van der Waals surface area (Å²) in [5.74, 6) is 0.164. The first-order chi connectivity index (χ1) is 18.8. The Morgan fingerprint density at radius 3 is 2.46 bits per heavy atom. The van der Waals surface area contributed by atoms with E-state index in [0.717, 1.165) is 46.8 Å². The van der Waals surface area contributed by atoms with Gasteiger partial charge >= 0.3 is 4.87 Å². The third-order valence-corrected chi connectivity index (χ3v) is 8.38. The lowest BCUT2D eigenvalue weighted by molar-refractivity contribution is -0.132. The van der Waals surface area contributed by atoms with Crippen LogP contribution in [0.1, 0.15) is 31.4 Å². The van der Waals surface area contributed by atoms with Crippen LogP contribution in [0.15, 0.2) is 35.1 Å². The molecule has 0 saturated heterocycles. The van der Waals surface area contributed by atoms with Gasteiger partial charge < -0.3 is 29.9 Å². The number of amides is 1. The van der Waals surface area contributed by atoms with Gasteiger partial charge in [0.25, 0.3) is 0 Å². The molecule has 0 bridgehead atoms. The Balaban J connectivity index is 0.00000420. The Hall–Kier alpha value is -1.18.